The van der Waals surface area contributed by atoms with Crippen LogP contribution in [-0.4, -0.2) is 31.6 Å². The molecule has 0 radical (unpaired) electrons. The predicted molar refractivity (Wildman–Crippen MR) is 121 cm³/mol. The van der Waals surface area contributed by atoms with Crippen LogP contribution in [0.3, 0.4) is 0 Å². The normalized spacial score (nSPS) is 21.1. The van der Waals surface area contributed by atoms with Crippen LogP contribution >= 0.6 is 0 Å². The van der Waals surface area contributed by atoms with Gasteiger partial charge in [0.1, 0.15) is 5.75 Å². The number of methoxy groups -OCH3 is 1. The summed E-state index contributed by atoms with van der Waals surface area (Å²) in [5.74, 6) is 0.587. The van der Waals surface area contributed by atoms with Gasteiger partial charge in [0, 0.05) is 18.0 Å². The van der Waals surface area contributed by atoms with Gasteiger partial charge < -0.3 is 21.1 Å². The van der Waals surface area contributed by atoms with E-state index in [4.69, 9.17) is 15.7 Å². The minimum absolute atomic E-state index is 0.141. The third kappa shape index (κ3) is 5.34. The zero-order chi connectivity index (χ0) is 22.3. The molecule has 7 heteroatoms. The number of hydrogen-bond donors (Lipinski definition) is 3. The van der Waals surface area contributed by atoms with Gasteiger partial charge in [0.15, 0.2) is 0 Å². The number of guanidine groups is 1. The Hall–Kier alpha value is -3.53. The third-order valence-corrected chi connectivity index (χ3v) is 6.04. The maximum absolute atomic E-state index is 13.0. The summed E-state index contributed by atoms with van der Waals surface area (Å²) in [6, 6.07) is 16.0. The first kappa shape index (κ1) is 22.2. The van der Waals surface area contributed by atoms with Crippen molar-refractivity contribution in [1.29, 1.82) is 5.26 Å². The number of hydrogen-bond acceptors (Lipinski definition) is 4. The van der Waals surface area contributed by atoms with Crippen LogP contribution in [0.15, 0.2) is 53.5 Å². The van der Waals surface area contributed by atoms with Gasteiger partial charge in [-0.3, -0.25) is 4.79 Å². The second kappa shape index (κ2) is 9.98. The number of nitrogens with one attached hydrogen (secondary N) is 2. The smallest absolute Gasteiger partial charge is 0.255 e. The molecule has 0 spiro atoms. The maximum atomic E-state index is 13.0. The molecule has 31 heavy (non-hydrogen) atoms. The van der Waals surface area contributed by atoms with Gasteiger partial charge in [0.25, 0.3) is 5.91 Å². The zero-order valence-corrected chi connectivity index (χ0v) is 18.0. The monoisotopic (exact) mass is 419 g/mol. The van der Waals surface area contributed by atoms with Crippen molar-refractivity contribution in [2.45, 2.75) is 44.1 Å². The number of nitriles is 1. The molecule has 4 N–H and O–H groups in total. The molecule has 1 saturated carbocycles. The number of rotatable bonds is 6. The number of nitrogens with two attached hydrogens (primary N) is 1. The van der Waals surface area contributed by atoms with Crippen molar-refractivity contribution < 1.29 is 9.53 Å². The second-order valence-electron chi connectivity index (χ2n) is 8.05. The molecule has 0 heterocycles. The standard InChI is InChI=1S/C24H29N5O2/c1-17-8-9-20(21(14-17)31-2)22(30)27-15-24(18-6-4-3-5-7-18)12-10-19(11-13-24)29-23(26)28-16-25/h3-9,14,19H,10-13,15H2,1-2H3,(H,27,30)(H3,26,28,29)/t19-,24-. The van der Waals surface area contributed by atoms with Crippen molar-refractivity contribution in [1.82, 2.24) is 10.6 Å². The van der Waals surface area contributed by atoms with E-state index >= 15 is 0 Å². The Balaban J connectivity index is 1.75. The van der Waals surface area contributed by atoms with Crippen molar-refractivity contribution in [3.05, 3.63) is 65.2 Å². The number of carbonyl (C=O) groups is 1. The van der Waals surface area contributed by atoms with E-state index in [0.29, 0.717) is 17.9 Å². The van der Waals surface area contributed by atoms with Crippen LogP contribution in [0, 0.1) is 18.4 Å². The Morgan fingerprint density at radius 2 is 1.97 bits per heavy atom. The summed E-state index contributed by atoms with van der Waals surface area (Å²) in [4.78, 5) is 16.5. The number of carbonyl (C=O) groups excluding carboxylic acids is 1. The highest BCUT2D eigenvalue weighted by atomic mass is 16.5. The van der Waals surface area contributed by atoms with Crippen LogP contribution in [0.2, 0.25) is 0 Å². The summed E-state index contributed by atoms with van der Waals surface area (Å²) in [5, 5.41) is 14.9. The van der Waals surface area contributed by atoms with Gasteiger partial charge in [-0.1, -0.05) is 36.4 Å². The summed E-state index contributed by atoms with van der Waals surface area (Å²) in [5.41, 5.74) is 8.36. The molecule has 0 saturated heterocycles. The molecule has 1 amide bonds. The lowest BCUT2D eigenvalue weighted by Crippen LogP contribution is -2.48. The molecule has 7 nitrogen and oxygen atoms in total. The molecule has 2 aromatic carbocycles. The van der Waals surface area contributed by atoms with Crippen LogP contribution in [0.4, 0.5) is 0 Å². The van der Waals surface area contributed by atoms with E-state index in [1.54, 1.807) is 19.4 Å². The fraction of sp³-hybridized carbons (Fsp3) is 0.375. The highest BCUT2D eigenvalue weighted by Gasteiger charge is 2.37. The average Bonchev–Trinajstić information content (AvgIpc) is 2.79. The lowest BCUT2D eigenvalue weighted by atomic mass is 9.68. The third-order valence-electron chi connectivity index (χ3n) is 6.04. The van der Waals surface area contributed by atoms with Crippen molar-refractivity contribution >= 4 is 11.9 Å². The summed E-state index contributed by atoms with van der Waals surface area (Å²) < 4.78 is 5.40. The van der Waals surface area contributed by atoms with Gasteiger partial charge in [0.2, 0.25) is 12.2 Å². The maximum Gasteiger partial charge on any atom is 0.255 e. The first-order valence-electron chi connectivity index (χ1n) is 10.4. The average molecular weight is 420 g/mol. The number of ether oxygens (including phenoxy) is 1. The molecule has 1 aliphatic rings. The summed E-state index contributed by atoms with van der Waals surface area (Å²) >= 11 is 0. The highest BCUT2D eigenvalue weighted by molar-refractivity contribution is 5.97. The summed E-state index contributed by atoms with van der Waals surface area (Å²) in [6.45, 7) is 2.50. The van der Waals surface area contributed by atoms with E-state index < -0.39 is 0 Å². The molecule has 1 aliphatic carbocycles. The second-order valence-corrected chi connectivity index (χ2v) is 8.05. The molecule has 1 fully saturated rings. The van der Waals surface area contributed by atoms with E-state index in [1.165, 1.54) is 5.56 Å². The first-order valence-corrected chi connectivity index (χ1v) is 10.4. The van der Waals surface area contributed by atoms with Gasteiger partial charge in [-0.05, 0) is 55.9 Å². The van der Waals surface area contributed by atoms with E-state index in [0.717, 1.165) is 31.2 Å². The van der Waals surface area contributed by atoms with Crippen LogP contribution in [0.5, 0.6) is 5.75 Å². The SMILES string of the molecule is COc1cc(C)ccc1C(=O)NC[C@]1(c2ccccc2)CC[C@H](N/C(N)=N/C#N)CC1. The fourth-order valence-electron chi connectivity index (χ4n) is 4.30. The fourth-order valence-corrected chi connectivity index (χ4v) is 4.30. The minimum atomic E-state index is -0.172. The largest absolute Gasteiger partial charge is 0.496 e. The van der Waals surface area contributed by atoms with Crippen LogP contribution in [-0.2, 0) is 5.41 Å². The molecule has 162 valence electrons. The van der Waals surface area contributed by atoms with Crippen molar-refractivity contribution in [3.8, 4) is 11.9 Å². The predicted octanol–water partition coefficient (Wildman–Crippen LogP) is 3.00. The summed E-state index contributed by atoms with van der Waals surface area (Å²) in [6.07, 6.45) is 5.18. The Labute approximate surface area is 183 Å². The highest BCUT2D eigenvalue weighted by Crippen LogP contribution is 2.39. The molecular formula is C24H29N5O2. The van der Waals surface area contributed by atoms with E-state index in [-0.39, 0.29) is 23.3 Å². The molecule has 0 unspecified atom stereocenters. The van der Waals surface area contributed by atoms with Gasteiger partial charge in [-0.25, -0.2) is 0 Å². The number of benzene rings is 2. The van der Waals surface area contributed by atoms with Gasteiger partial charge in [0.05, 0.1) is 12.7 Å². The molecule has 3 rings (SSSR count). The number of aliphatic imine (C=N–C) groups is 1. The van der Waals surface area contributed by atoms with Gasteiger partial charge >= 0.3 is 0 Å². The molecule has 0 aliphatic heterocycles. The molecule has 0 bridgehead atoms. The Kier molecular flexibility index (Phi) is 7.14. The van der Waals surface area contributed by atoms with Gasteiger partial charge in [-0.15, -0.1) is 4.99 Å². The molecular weight excluding hydrogens is 390 g/mol. The quantitative estimate of drug-likeness (QED) is 0.378. The van der Waals surface area contributed by atoms with E-state index in [2.05, 4.69) is 27.8 Å². The Morgan fingerprint density at radius 1 is 1.26 bits per heavy atom. The minimum Gasteiger partial charge on any atom is -0.496 e. The molecule has 2 aromatic rings. The number of nitrogens with zero attached hydrogens (tertiary/aromatic N) is 2. The van der Waals surface area contributed by atoms with Gasteiger partial charge in [-0.2, -0.15) is 5.26 Å². The Bertz CT molecular complexity index is 973. The van der Waals surface area contributed by atoms with E-state index in [9.17, 15) is 4.79 Å². The number of amides is 1. The van der Waals surface area contributed by atoms with Crippen molar-refractivity contribution in [2.75, 3.05) is 13.7 Å². The van der Waals surface area contributed by atoms with Crippen LogP contribution in [0.1, 0.15) is 47.2 Å². The van der Waals surface area contributed by atoms with Crippen LogP contribution < -0.4 is 21.1 Å². The molecule has 0 atom stereocenters. The summed E-state index contributed by atoms with van der Waals surface area (Å²) in [7, 11) is 1.58. The number of aryl methyl sites for hydroxylation is 1. The van der Waals surface area contributed by atoms with E-state index in [1.807, 2.05) is 37.3 Å². The Morgan fingerprint density at radius 3 is 2.61 bits per heavy atom. The van der Waals surface area contributed by atoms with Crippen LogP contribution in [0.25, 0.3) is 0 Å². The zero-order valence-electron chi connectivity index (χ0n) is 18.0. The van der Waals surface area contributed by atoms with Crippen molar-refractivity contribution in [2.24, 2.45) is 10.7 Å². The molecule has 0 aromatic heterocycles. The van der Waals surface area contributed by atoms with Crippen molar-refractivity contribution in [3.63, 3.8) is 0 Å². The topological polar surface area (TPSA) is 113 Å². The first-order chi connectivity index (χ1) is 15.0. The lowest BCUT2D eigenvalue weighted by Gasteiger charge is -2.41. The lowest BCUT2D eigenvalue weighted by molar-refractivity contribution is 0.0932.